The number of rotatable bonds is 4. The van der Waals surface area contributed by atoms with E-state index in [1.54, 1.807) is 0 Å². The molecule has 1 saturated heterocycles. The molecule has 1 N–H and O–H groups in total. The summed E-state index contributed by atoms with van der Waals surface area (Å²) in [7, 11) is 1.88. The van der Waals surface area contributed by atoms with Crippen molar-refractivity contribution in [3.63, 3.8) is 0 Å². The van der Waals surface area contributed by atoms with Crippen LogP contribution in [0.15, 0.2) is 30.3 Å². The molecule has 0 bridgehead atoms. The van der Waals surface area contributed by atoms with Crippen molar-refractivity contribution in [1.29, 1.82) is 0 Å². The molecule has 0 unspecified atom stereocenters. The summed E-state index contributed by atoms with van der Waals surface area (Å²) in [6, 6.07) is 9.46. The minimum Gasteiger partial charge on any atom is -0.342 e. The summed E-state index contributed by atoms with van der Waals surface area (Å²) in [5, 5.41) is 3.24. The molecule has 1 heterocycles. The van der Waals surface area contributed by atoms with Crippen molar-refractivity contribution in [2.45, 2.75) is 6.42 Å². The van der Waals surface area contributed by atoms with Crippen molar-refractivity contribution in [1.82, 2.24) is 10.2 Å². The van der Waals surface area contributed by atoms with Crippen LogP contribution >= 0.6 is 0 Å². The van der Waals surface area contributed by atoms with E-state index >= 15 is 0 Å². The smallest absolute Gasteiger partial charge is 0.253 e. The third-order valence-corrected chi connectivity index (χ3v) is 3.11. The minimum atomic E-state index is 0.118. The molecule has 2 rings (SSSR count). The molecule has 86 valence electrons. The standard InChI is InChI=1S/C13H18N2O/c1-15(8-7-11-9-14-10-11)13(16)12-5-3-2-4-6-12/h2-6,11,14H,7-10H2,1H3. The van der Waals surface area contributed by atoms with E-state index in [0.717, 1.165) is 37.5 Å². The van der Waals surface area contributed by atoms with Gasteiger partial charge in [0.15, 0.2) is 0 Å². The lowest BCUT2D eigenvalue weighted by Gasteiger charge is -2.29. The molecule has 0 saturated carbocycles. The summed E-state index contributed by atoms with van der Waals surface area (Å²) in [5.41, 5.74) is 0.775. The van der Waals surface area contributed by atoms with Gasteiger partial charge in [0, 0.05) is 19.2 Å². The monoisotopic (exact) mass is 218 g/mol. The van der Waals surface area contributed by atoms with Gasteiger partial charge < -0.3 is 10.2 Å². The van der Waals surface area contributed by atoms with Gasteiger partial charge in [0.2, 0.25) is 0 Å². The molecular weight excluding hydrogens is 200 g/mol. The Morgan fingerprint density at radius 3 is 2.62 bits per heavy atom. The second kappa shape index (κ2) is 5.12. The van der Waals surface area contributed by atoms with Crippen LogP contribution in [0.1, 0.15) is 16.8 Å². The Hall–Kier alpha value is -1.35. The second-order valence-corrected chi connectivity index (χ2v) is 4.41. The number of benzene rings is 1. The largest absolute Gasteiger partial charge is 0.342 e. The number of amides is 1. The lowest BCUT2D eigenvalue weighted by Crippen LogP contribution is -2.43. The van der Waals surface area contributed by atoms with Crippen LogP contribution in [0.5, 0.6) is 0 Å². The fourth-order valence-electron chi connectivity index (χ4n) is 1.83. The predicted octanol–water partition coefficient (Wildman–Crippen LogP) is 1.37. The molecule has 0 atom stereocenters. The van der Waals surface area contributed by atoms with Crippen molar-refractivity contribution in [3.05, 3.63) is 35.9 Å². The van der Waals surface area contributed by atoms with E-state index in [4.69, 9.17) is 0 Å². The molecule has 1 aromatic rings. The van der Waals surface area contributed by atoms with Crippen molar-refractivity contribution in [2.75, 3.05) is 26.7 Å². The Kier molecular flexibility index (Phi) is 3.57. The fourth-order valence-corrected chi connectivity index (χ4v) is 1.83. The molecule has 0 aliphatic carbocycles. The quantitative estimate of drug-likeness (QED) is 0.827. The summed E-state index contributed by atoms with van der Waals surface area (Å²) in [4.78, 5) is 13.8. The molecule has 0 radical (unpaired) electrons. The van der Waals surface area contributed by atoms with E-state index in [1.165, 1.54) is 0 Å². The Morgan fingerprint density at radius 1 is 1.38 bits per heavy atom. The highest BCUT2D eigenvalue weighted by atomic mass is 16.2. The zero-order valence-corrected chi connectivity index (χ0v) is 9.65. The second-order valence-electron chi connectivity index (χ2n) is 4.41. The topological polar surface area (TPSA) is 32.3 Å². The van der Waals surface area contributed by atoms with E-state index in [1.807, 2.05) is 42.3 Å². The molecule has 0 aromatic heterocycles. The summed E-state index contributed by atoms with van der Waals surface area (Å²) in [6.07, 6.45) is 1.10. The molecule has 1 amide bonds. The van der Waals surface area contributed by atoms with Crippen molar-refractivity contribution in [3.8, 4) is 0 Å². The van der Waals surface area contributed by atoms with Crippen LogP contribution in [-0.2, 0) is 0 Å². The van der Waals surface area contributed by atoms with Gasteiger partial charge in [-0.3, -0.25) is 4.79 Å². The SMILES string of the molecule is CN(CCC1CNC1)C(=O)c1ccccc1. The van der Waals surface area contributed by atoms with E-state index in [2.05, 4.69) is 5.32 Å². The molecule has 0 spiro atoms. The highest BCUT2D eigenvalue weighted by molar-refractivity contribution is 5.93. The van der Waals surface area contributed by atoms with Gasteiger partial charge in [-0.25, -0.2) is 0 Å². The van der Waals surface area contributed by atoms with Gasteiger partial charge in [-0.15, -0.1) is 0 Å². The van der Waals surface area contributed by atoms with E-state index in [-0.39, 0.29) is 5.91 Å². The number of hydrogen-bond acceptors (Lipinski definition) is 2. The Bertz CT molecular complexity index is 346. The highest BCUT2D eigenvalue weighted by Crippen LogP contribution is 2.10. The Morgan fingerprint density at radius 2 is 2.06 bits per heavy atom. The zero-order chi connectivity index (χ0) is 11.4. The molecule has 3 nitrogen and oxygen atoms in total. The minimum absolute atomic E-state index is 0.118. The van der Waals surface area contributed by atoms with Crippen LogP contribution in [0.4, 0.5) is 0 Å². The lowest BCUT2D eigenvalue weighted by molar-refractivity contribution is 0.0782. The van der Waals surface area contributed by atoms with E-state index < -0.39 is 0 Å². The van der Waals surface area contributed by atoms with Gasteiger partial charge >= 0.3 is 0 Å². The molecule has 1 aliphatic heterocycles. The van der Waals surface area contributed by atoms with Crippen LogP contribution in [0, 0.1) is 5.92 Å². The number of carbonyl (C=O) groups is 1. The molecule has 1 aromatic carbocycles. The first-order valence-electron chi connectivity index (χ1n) is 5.78. The molecule has 3 heteroatoms. The van der Waals surface area contributed by atoms with Crippen LogP contribution < -0.4 is 5.32 Å². The average Bonchev–Trinajstić information content (AvgIpc) is 2.27. The van der Waals surface area contributed by atoms with Crippen molar-refractivity contribution < 1.29 is 4.79 Å². The molecule has 1 aliphatic rings. The third-order valence-electron chi connectivity index (χ3n) is 3.11. The van der Waals surface area contributed by atoms with Crippen molar-refractivity contribution >= 4 is 5.91 Å². The number of carbonyl (C=O) groups excluding carboxylic acids is 1. The average molecular weight is 218 g/mol. The number of hydrogen-bond donors (Lipinski definition) is 1. The normalized spacial score (nSPS) is 15.6. The molecule has 16 heavy (non-hydrogen) atoms. The van der Waals surface area contributed by atoms with Crippen LogP contribution in [-0.4, -0.2) is 37.5 Å². The maximum absolute atomic E-state index is 12.0. The maximum atomic E-state index is 12.0. The first-order chi connectivity index (χ1) is 7.77. The molecule has 1 fully saturated rings. The van der Waals surface area contributed by atoms with Gasteiger partial charge in [0.25, 0.3) is 5.91 Å². The lowest BCUT2D eigenvalue weighted by atomic mass is 9.99. The zero-order valence-electron chi connectivity index (χ0n) is 9.65. The van der Waals surface area contributed by atoms with E-state index in [0.29, 0.717) is 0 Å². The van der Waals surface area contributed by atoms with Gasteiger partial charge in [-0.05, 0) is 37.6 Å². The summed E-state index contributed by atoms with van der Waals surface area (Å²) in [6.45, 7) is 3.06. The van der Waals surface area contributed by atoms with Crippen LogP contribution in [0.25, 0.3) is 0 Å². The first kappa shape index (κ1) is 11.1. The van der Waals surface area contributed by atoms with Gasteiger partial charge in [-0.1, -0.05) is 18.2 Å². The Balaban J connectivity index is 1.84. The van der Waals surface area contributed by atoms with Gasteiger partial charge in [0.05, 0.1) is 0 Å². The van der Waals surface area contributed by atoms with Crippen LogP contribution in [0.2, 0.25) is 0 Å². The maximum Gasteiger partial charge on any atom is 0.253 e. The highest BCUT2D eigenvalue weighted by Gasteiger charge is 2.18. The van der Waals surface area contributed by atoms with Crippen molar-refractivity contribution in [2.24, 2.45) is 5.92 Å². The number of nitrogens with zero attached hydrogens (tertiary/aromatic N) is 1. The summed E-state index contributed by atoms with van der Waals surface area (Å²) in [5.74, 6) is 0.874. The fraction of sp³-hybridized carbons (Fsp3) is 0.462. The first-order valence-corrected chi connectivity index (χ1v) is 5.78. The van der Waals surface area contributed by atoms with Gasteiger partial charge in [0.1, 0.15) is 0 Å². The van der Waals surface area contributed by atoms with E-state index in [9.17, 15) is 4.79 Å². The van der Waals surface area contributed by atoms with Gasteiger partial charge in [-0.2, -0.15) is 0 Å². The Labute approximate surface area is 96.5 Å². The predicted molar refractivity (Wildman–Crippen MR) is 64.4 cm³/mol. The van der Waals surface area contributed by atoms with Crippen LogP contribution in [0.3, 0.4) is 0 Å². The third kappa shape index (κ3) is 2.61. The molecular formula is C13H18N2O. The summed E-state index contributed by atoms with van der Waals surface area (Å²) < 4.78 is 0. The number of nitrogens with one attached hydrogen (secondary N) is 1. The summed E-state index contributed by atoms with van der Waals surface area (Å²) >= 11 is 0.